The summed E-state index contributed by atoms with van der Waals surface area (Å²) in [7, 11) is 2.25. The normalized spacial score (nSPS) is 28.0. The molecule has 1 saturated carbocycles. The maximum atomic E-state index is 3.71. The molecule has 0 spiro atoms. The second kappa shape index (κ2) is 3.69. The lowest BCUT2D eigenvalue weighted by Gasteiger charge is -2.45. The Labute approximate surface area is 97.6 Å². The fraction of sp³-hybridized carbons (Fsp3) is 0.571. The molecule has 2 aliphatic rings. The Balaban J connectivity index is 2.00. The van der Waals surface area contributed by atoms with E-state index < -0.39 is 0 Å². The number of fused-ring (bicyclic) bond motifs is 2. The van der Waals surface area contributed by atoms with Gasteiger partial charge in [-0.2, -0.15) is 0 Å². The van der Waals surface area contributed by atoms with Crippen LogP contribution in [-0.4, -0.2) is 19.1 Å². The van der Waals surface area contributed by atoms with Gasteiger partial charge in [-0.15, -0.1) is 0 Å². The van der Waals surface area contributed by atoms with E-state index in [4.69, 9.17) is 0 Å². The average molecular weight is 216 g/mol. The fourth-order valence-corrected chi connectivity index (χ4v) is 3.18. The maximum absolute atomic E-state index is 3.71. The van der Waals surface area contributed by atoms with Crippen LogP contribution in [0.3, 0.4) is 0 Å². The standard InChI is InChI=1S/C14H20N2/c1-10-7-8-12-14(9-10)16(2)13-6-4-3-5-11(13)15-12/h7-9,11,13,15H,3-6H2,1-2H3. The summed E-state index contributed by atoms with van der Waals surface area (Å²) in [6, 6.07) is 8.08. The minimum atomic E-state index is 0.661. The van der Waals surface area contributed by atoms with Crippen LogP contribution in [0.1, 0.15) is 31.2 Å². The van der Waals surface area contributed by atoms with E-state index in [0.29, 0.717) is 12.1 Å². The van der Waals surface area contributed by atoms with E-state index in [0.717, 1.165) is 0 Å². The van der Waals surface area contributed by atoms with Crippen molar-refractivity contribution in [1.29, 1.82) is 0 Å². The number of likely N-dealkylation sites (N-methyl/N-ethyl adjacent to an activating group) is 1. The average Bonchev–Trinajstić information content (AvgIpc) is 2.31. The second-order valence-corrected chi connectivity index (χ2v) is 5.23. The summed E-state index contributed by atoms with van der Waals surface area (Å²) in [5.74, 6) is 0. The summed E-state index contributed by atoms with van der Waals surface area (Å²) < 4.78 is 0. The molecule has 1 N–H and O–H groups in total. The summed E-state index contributed by atoms with van der Waals surface area (Å²) in [5.41, 5.74) is 4.04. The largest absolute Gasteiger partial charge is 0.379 e. The number of rotatable bonds is 0. The first kappa shape index (κ1) is 10.0. The molecule has 1 aliphatic carbocycles. The van der Waals surface area contributed by atoms with Crippen molar-refractivity contribution < 1.29 is 0 Å². The molecular formula is C14H20N2. The molecule has 0 bridgehead atoms. The number of aryl methyl sites for hydroxylation is 1. The van der Waals surface area contributed by atoms with Crippen LogP contribution in [0.2, 0.25) is 0 Å². The van der Waals surface area contributed by atoms with Gasteiger partial charge in [-0.05, 0) is 37.5 Å². The second-order valence-electron chi connectivity index (χ2n) is 5.23. The van der Waals surface area contributed by atoms with Crippen molar-refractivity contribution in [2.45, 2.75) is 44.7 Å². The first-order valence-corrected chi connectivity index (χ1v) is 6.36. The molecule has 16 heavy (non-hydrogen) atoms. The molecule has 86 valence electrons. The van der Waals surface area contributed by atoms with Crippen molar-refractivity contribution in [2.75, 3.05) is 17.3 Å². The van der Waals surface area contributed by atoms with E-state index in [1.807, 2.05) is 0 Å². The molecule has 1 fully saturated rings. The topological polar surface area (TPSA) is 15.3 Å². The Morgan fingerprint density at radius 2 is 2.06 bits per heavy atom. The van der Waals surface area contributed by atoms with Gasteiger partial charge in [0.05, 0.1) is 11.4 Å². The lowest BCUT2D eigenvalue weighted by atomic mass is 9.87. The number of nitrogens with one attached hydrogen (secondary N) is 1. The Hall–Kier alpha value is -1.18. The lowest BCUT2D eigenvalue weighted by Crippen LogP contribution is -2.50. The summed E-state index contributed by atoms with van der Waals surface area (Å²) in [4.78, 5) is 2.49. The van der Waals surface area contributed by atoms with Crippen molar-refractivity contribution in [3.05, 3.63) is 23.8 Å². The third kappa shape index (κ3) is 1.48. The van der Waals surface area contributed by atoms with Crippen LogP contribution >= 0.6 is 0 Å². The molecule has 0 radical (unpaired) electrons. The van der Waals surface area contributed by atoms with Crippen LogP contribution < -0.4 is 10.2 Å². The first-order chi connectivity index (χ1) is 7.75. The van der Waals surface area contributed by atoms with Gasteiger partial charge in [-0.1, -0.05) is 18.9 Å². The predicted octanol–water partition coefficient (Wildman–Crippen LogP) is 3.17. The monoisotopic (exact) mass is 216 g/mol. The zero-order valence-electron chi connectivity index (χ0n) is 10.2. The van der Waals surface area contributed by atoms with E-state index >= 15 is 0 Å². The molecule has 2 nitrogen and oxygen atoms in total. The Kier molecular flexibility index (Phi) is 2.31. The van der Waals surface area contributed by atoms with Crippen molar-refractivity contribution in [3.63, 3.8) is 0 Å². The molecule has 1 heterocycles. The minimum Gasteiger partial charge on any atom is -0.379 e. The van der Waals surface area contributed by atoms with Crippen LogP contribution in [-0.2, 0) is 0 Å². The molecule has 1 aromatic carbocycles. The highest BCUT2D eigenvalue weighted by molar-refractivity contribution is 5.74. The van der Waals surface area contributed by atoms with Gasteiger partial charge in [0.1, 0.15) is 0 Å². The number of hydrogen-bond acceptors (Lipinski definition) is 2. The highest BCUT2D eigenvalue weighted by atomic mass is 15.2. The van der Waals surface area contributed by atoms with E-state index in [1.54, 1.807) is 0 Å². The zero-order valence-corrected chi connectivity index (χ0v) is 10.2. The SMILES string of the molecule is Cc1ccc2c(c1)N(C)C1CCCCC1N2. The van der Waals surface area contributed by atoms with Gasteiger partial charge in [-0.3, -0.25) is 0 Å². The maximum Gasteiger partial charge on any atom is 0.0605 e. The van der Waals surface area contributed by atoms with Crippen LogP contribution in [0.25, 0.3) is 0 Å². The summed E-state index contributed by atoms with van der Waals surface area (Å²) in [6.07, 6.45) is 5.42. The fourth-order valence-electron chi connectivity index (χ4n) is 3.18. The molecule has 3 rings (SSSR count). The van der Waals surface area contributed by atoms with Crippen molar-refractivity contribution in [2.24, 2.45) is 0 Å². The molecule has 2 heteroatoms. The van der Waals surface area contributed by atoms with Gasteiger partial charge in [-0.25, -0.2) is 0 Å². The predicted molar refractivity (Wildman–Crippen MR) is 69.2 cm³/mol. The molecule has 0 aromatic heterocycles. The van der Waals surface area contributed by atoms with Gasteiger partial charge >= 0.3 is 0 Å². The van der Waals surface area contributed by atoms with Crippen molar-refractivity contribution >= 4 is 11.4 Å². The van der Waals surface area contributed by atoms with Gasteiger partial charge in [0, 0.05) is 19.1 Å². The number of anilines is 2. The molecule has 0 amide bonds. The number of hydrogen-bond donors (Lipinski definition) is 1. The van der Waals surface area contributed by atoms with E-state index in [1.165, 1.54) is 42.6 Å². The van der Waals surface area contributed by atoms with Gasteiger partial charge in [0.15, 0.2) is 0 Å². The molecule has 1 aliphatic heterocycles. The first-order valence-electron chi connectivity index (χ1n) is 6.36. The molecule has 0 saturated heterocycles. The van der Waals surface area contributed by atoms with Gasteiger partial charge in [0.2, 0.25) is 0 Å². The minimum absolute atomic E-state index is 0.661. The summed E-state index contributed by atoms with van der Waals surface area (Å²) in [5, 5.41) is 3.71. The van der Waals surface area contributed by atoms with Crippen LogP contribution in [0.4, 0.5) is 11.4 Å². The van der Waals surface area contributed by atoms with E-state index in [2.05, 4.69) is 42.4 Å². The van der Waals surface area contributed by atoms with Crippen molar-refractivity contribution in [3.8, 4) is 0 Å². The van der Waals surface area contributed by atoms with Crippen LogP contribution in [0, 0.1) is 6.92 Å². The number of nitrogens with zero attached hydrogens (tertiary/aromatic N) is 1. The molecule has 2 atom stereocenters. The zero-order chi connectivity index (χ0) is 11.1. The quantitative estimate of drug-likeness (QED) is 0.716. The molecule has 2 unspecified atom stereocenters. The highest BCUT2D eigenvalue weighted by Gasteiger charge is 2.33. The Morgan fingerprint density at radius 1 is 1.25 bits per heavy atom. The van der Waals surface area contributed by atoms with Crippen LogP contribution in [0.5, 0.6) is 0 Å². The third-order valence-electron chi connectivity index (χ3n) is 4.10. The van der Waals surface area contributed by atoms with Crippen LogP contribution in [0.15, 0.2) is 18.2 Å². The Morgan fingerprint density at radius 3 is 2.94 bits per heavy atom. The smallest absolute Gasteiger partial charge is 0.0605 e. The Bertz CT molecular complexity index is 400. The highest BCUT2D eigenvalue weighted by Crippen LogP contribution is 2.38. The van der Waals surface area contributed by atoms with Crippen molar-refractivity contribution in [1.82, 2.24) is 0 Å². The molecular weight excluding hydrogens is 196 g/mol. The number of benzene rings is 1. The van der Waals surface area contributed by atoms with E-state index in [-0.39, 0.29) is 0 Å². The van der Waals surface area contributed by atoms with Gasteiger partial charge in [0.25, 0.3) is 0 Å². The summed E-state index contributed by atoms with van der Waals surface area (Å²) in [6.45, 7) is 2.17. The molecule has 1 aromatic rings. The summed E-state index contributed by atoms with van der Waals surface area (Å²) >= 11 is 0. The third-order valence-corrected chi connectivity index (χ3v) is 4.10. The van der Waals surface area contributed by atoms with Gasteiger partial charge < -0.3 is 10.2 Å². The van der Waals surface area contributed by atoms with E-state index in [9.17, 15) is 0 Å². The lowest BCUT2D eigenvalue weighted by molar-refractivity contribution is 0.385.